The second-order valence-corrected chi connectivity index (χ2v) is 5.85. The van der Waals surface area contributed by atoms with E-state index < -0.39 is 10.0 Å². The van der Waals surface area contributed by atoms with Gasteiger partial charge in [-0.05, 0) is 36.8 Å². The number of hydrogen-bond donors (Lipinski definition) is 2. The van der Waals surface area contributed by atoms with Gasteiger partial charge in [0.2, 0.25) is 5.09 Å². The van der Waals surface area contributed by atoms with Gasteiger partial charge in [-0.2, -0.15) is 8.42 Å². The molecular weight excluding hydrogens is 280 g/mol. The molecule has 3 N–H and O–H groups in total. The van der Waals surface area contributed by atoms with Crippen LogP contribution in [0, 0.1) is 6.92 Å². The number of nitrogens with two attached hydrogens (primary N) is 1. The minimum atomic E-state index is -3.80. The first kappa shape index (κ1) is 14.4. The zero-order valence-corrected chi connectivity index (χ0v) is 12.0. The molecular formula is C13H16N2O4S. The van der Waals surface area contributed by atoms with Crippen molar-refractivity contribution in [1.29, 1.82) is 0 Å². The fourth-order valence-corrected chi connectivity index (χ4v) is 2.72. The largest absolute Gasteiger partial charge is 0.495 e. The first-order chi connectivity index (χ1) is 9.46. The lowest BCUT2D eigenvalue weighted by molar-refractivity contribution is 0.414. The van der Waals surface area contributed by atoms with Gasteiger partial charge in [0.1, 0.15) is 11.5 Å². The number of benzene rings is 1. The second kappa shape index (κ2) is 5.56. The Kier molecular flexibility index (Phi) is 4.01. The summed E-state index contributed by atoms with van der Waals surface area (Å²) in [6.45, 7) is 2.00. The number of methoxy groups -OCH3 is 1. The van der Waals surface area contributed by atoms with Crippen LogP contribution in [0.25, 0.3) is 0 Å². The van der Waals surface area contributed by atoms with E-state index in [0.29, 0.717) is 17.2 Å². The monoisotopic (exact) mass is 296 g/mol. The average molecular weight is 296 g/mol. The fourth-order valence-electron chi connectivity index (χ4n) is 1.71. The van der Waals surface area contributed by atoms with E-state index in [4.69, 9.17) is 14.9 Å². The van der Waals surface area contributed by atoms with Gasteiger partial charge in [-0.15, -0.1) is 0 Å². The Labute approximate surface area is 117 Å². The normalized spacial score (nSPS) is 11.3. The maximum absolute atomic E-state index is 12.2. The van der Waals surface area contributed by atoms with Crippen molar-refractivity contribution in [2.45, 2.75) is 18.6 Å². The predicted octanol–water partition coefficient (Wildman–Crippen LogP) is 1.86. The van der Waals surface area contributed by atoms with Crippen molar-refractivity contribution >= 4 is 15.7 Å². The number of aryl methyl sites for hydroxylation is 1. The van der Waals surface area contributed by atoms with Crippen molar-refractivity contribution in [3.63, 3.8) is 0 Å². The standard InChI is InChI=1S/C13H16N2O4S/c1-9-3-5-12(18-2)11(7-9)15-20(16,17)13-6-4-10(8-14)19-13/h3-7,15H,8,14H2,1-2H3. The topological polar surface area (TPSA) is 94.6 Å². The molecule has 0 amide bonds. The van der Waals surface area contributed by atoms with E-state index in [1.165, 1.54) is 19.2 Å². The first-order valence-corrected chi connectivity index (χ1v) is 7.41. The van der Waals surface area contributed by atoms with Crippen LogP contribution in [0.3, 0.4) is 0 Å². The van der Waals surface area contributed by atoms with Gasteiger partial charge < -0.3 is 14.9 Å². The molecule has 0 aliphatic heterocycles. The van der Waals surface area contributed by atoms with Crippen LogP contribution in [-0.2, 0) is 16.6 Å². The van der Waals surface area contributed by atoms with Gasteiger partial charge in [0.05, 0.1) is 19.3 Å². The van der Waals surface area contributed by atoms with Crippen LogP contribution >= 0.6 is 0 Å². The highest BCUT2D eigenvalue weighted by molar-refractivity contribution is 7.92. The maximum atomic E-state index is 12.2. The summed E-state index contributed by atoms with van der Waals surface area (Å²) < 4.78 is 37.2. The fraction of sp³-hybridized carbons (Fsp3) is 0.231. The number of rotatable bonds is 5. The van der Waals surface area contributed by atoms with Gasteiger partial charge in [0.25, 0.3) is 10.0 Å². The molecule has 1 aromatic carbocycles. The van der Waals surface area contributed by atoms with Gasteiger partial charge >= 0.3 is 0 Å². The molecule has 0 bridgehead atoms. The minimum Gasteiger partial charge on any atom is -0.495 e. The molecule has 0 aliphatic carbocycles. The van der Waals surface area contributed by atoms with E-state index in [1.807, 2.05) is 13.0 Å². The lowest BCUT2D eigenvalue weighted by atomic mass is 10.2. The summed E-state index contributed by atoms with van der Waals surface area (Å²) in [5.74, 6) is 0.839. The summed E-state index contributed by atoms with van der Waals surface area (Å²) >= 11 is 0. The second-order valence-electron chi connectivity index (χ2n) is 4.23. The number of furan rings is 1. The van der Waals surface area contributed by atoms with Crippen LogP contribution in [0.15, 0.2) is 39.8 Å². The maximum Gasteiger partial charge on any atom is 0.295 e. The molecule has 0 atom stereocenters. The molecule has 0 fully saturated rings. The molecule has 108 valence electrons. The van der Waals surface area contributed by atoms with Crippen molar-refractivity contribution in [3.8, 4) is 5.75 Å². The molecule has 0 radical (unpaired) electrons. The SMILES string of the molecule is COc1ccc(C)cc1NS(=O)(=O)c1ccc(CN)o1. The molecule has 1 aromatic heterocycles. The Morgan fingerprint density at radius 1 is 1.30 bits per heavy atom. The third kappa shape index (κ3) is 2.94. The van der Waals surface area contributed by atoms with Gasteiger partial charge in [0.15, 0.2) is 0 Å². The molecule has 7 heteroatoms. The Bertz CT molecular complexity index is 707. The summed E-state index contributed by atoms with van der Waals surface area (Å²) in [4.78, 5) is 0. The molecule has 0 spiro atoms. The average Bonchev–Trinajstić information content (AvgIpc) is 2.88. The quantitative estimate of drug-likeness (QED) is 0.878. The van der Waals surface area contributed by atoms with Crippen LogP contribution in [0.2, 0.25) is 0 Å². The van der Waals surface area contributed by atoms with Crippen LogP contribution < -0.4 is 15.2 Å². The summed E-state index contributed by atoms with van der Waals surface area (Å²) in [5, 5.41) is -0.179. The number of nitrogens with one attached hydrogen (secondary N) is 1. The predicted molar refractivity (Wildman–Crippen MR) is 75.1 cm³/mol. The Balaban J connectivity index is 2.35. The lowest BCUT2D eigenvalue weighted by Gasteiger charge is -2.11. The molecule has 6 nitrogen and oxygen atoms in total. The minimum absolute atomic E-state index is 0.142. The Hall–Kier alpha value is -1.99. The van der Waals surface area contributed by atoms with Crippen molar-refractivity contribution in [2.75, 3.05) is 11.8 Å². The summed E-state index contributed by atoms with van der Waals surface area (Å²) in [6, 6.07) is 8.11. The van der Waals surface area contributed by atoms with Crippen LogP contribution in [0.5, 0.6) is 5.75 Å². The molecule has 0 saturated heterocycles. The molecule has 0 unspecified atom stereocenters. The molecule has 20 heavy (non-hydrogen) atoms. The van der Waals surface area contributed by atoms with Crippen molar-refractivity contribution in [1.82, 2.24) is 0 Å². The molecule has 2 rings (SSSR count). The van der Waals surface area contributed by atoms with Gasteiger partial charge in [-0.25, -0.2) is 0 Å². The summed E-state index contributed by atoms with van der Waals surface area (Å²) in [5.41, 5.74) is 6.66. The third-order valence-electron chi connectivity index (χ3n) is 2.70. The number of sulfonamides is 1. The third-order valence-corrected chi connectivity index (χ3v) is 3.94. The van der Waals surface area contributed by atoms with Crippen LogP contribution in [0.1, 0.15) is 11.3 Å². The highest BCUT2D eigenvalue weighted by Gasteiger charge is 2.20. The molecule has 0 aliphatic rings. The number of anilines is 1. The van der Waals surface area contributed by atoms with Crippen molar-refractivity contribution < 1.29 is 17.6 Å². The zero-order chi connectivity index (χ0) is 14.8. The van der Waals surface area contributed by atoms with E-state index in [-0.39, 0.29) is 11.6 Å². The molecule has 2 aromatic rings. The van der Waals surface area contributed by atoms with E-state index in [2.05, 4.69) is 4.72 Å². The van der Waals surface area contributed by atoms with Gasteiger partial charge in [0, 0.05) is 0 Å². The van der Waals surface area contributed by atoms with Gasteiger partial charge in [-0.3, -0.25) is 4.72 Å². The smallest absolute Gasteiger partial charge is 0.295 e. The van der Waals surface area contributed by atoms with Crippen LogP contribution in [0.4, 0.5) is 5.69 Å². The van der Waals surface area contributed by atoms with E-state index in [9.17, 15) is 8.42 Å². The molecule has 1 heterocycles. The molecule has 0 saturated carbocycles. The first-order valence-electron chi connectivity index (χ1n) is 5.92. The lowest BCUT2D eigenvalue weighted by Crippen LogP contribution is -2.13. The highest BCUT2D eigenvalue weighted by Crippen LogP contribution is 2.28. The highest BCUT2D eigenvalue weighted by atomic mass is 32.2. The summed E-state index contributed by atoms with van der Waals surface area (Å²) in [6.07, 6.45) is 0. The van der Waals surface area contributed by atoms with E-state index >= 15 is 0 Å². The Morgan fingerprint density at radius 3 is 2.65 bits per heavy atom. The van der Waals surface area contributed by atoms with Crippen molar-refractivity contribution in [2.24, 2.45) is 5.73 Å². The van der Waals surface area contributed by atoms with Crippen molar-refractivity contribution in [3.05, 3.63) is 41.7 Å². The number of hydrogen-bond acceptors (Lipinski definition) is 5. The number of ether oxygens (including phenoxy) is 1. The van der Waals surface area contributed by atoms with Gasteiger partial charge in [-0.1, -0.05) is 6.07 Å². The Morgan fingerprint density at radius 2 is 2.05 bits per heavy atom. The van der Waals surface area contributed by atoms with Crippen LogP contribution in [-0.4, -0.2) is 15.5 Å². The summed E-state index contributed by atoms with van der Waals surface area (Å²) in [7, 11) is -2.33. The van der Waals surface area contributed by atoms with E-state index in [0.717, 1.165) is 5.56 Å². The van der Waals surface area contributed by atoms with E-state index in [1.54, 1.807) is 12.1 Å². The zero-order valence-electron chi connectivity index (χ0n) is 11.2.